The van der Waals surface area contributed by atoms with Crippen molar-refractivity contribution in [2.75, 3.05) is 7.05 Å². The molecule has 0 saturated heterocycles. The van der Waals surface area contributed by atoms with Crippen molar-refractivity contribution in [1.82, 2.24) is 5.32 Å². The summed E-state index contributed by atoms with van der Waals surface area (Å²) in [6, 6.07) is 5.53. The van der Waals surface area contributed by atoms with E-state index in [0.29, 0.717) is 11.8 Å². The molecule has 1 fully saturated rings. The molecule has 0 radical (unpaired) electrons. The number of rotatable bonds is 4. The summed E-state index contributed by atoms with van der Waals surface area (Å²) in [4.78, 5) is 10.5. The van der Waals surface area contributed by atoms with Gasteiger partial charge in [0.2, 0.25) is 0 Å². The van der Waals surface area contributed by atoms with Gasteiger partial charge in [-0.3, -0.25) is 10.1 Å². The number of benzene rings is 1. The van der Waals surface area contributed by atoms with Crippen LogP contribution in [0.3, 0.4) is 0 Å². The van der Waals surface area contributed by atoms with Crippen molar-refractivity contribution < 1.29 is 9.66 Å². The van der Waals surface area contributed by atoms with Gasteiger partial charge in [-0.25, -0.2) is 0 Å². The highest BCUT2D eigenvalue weighted by atomic mass is 16.6. The Bertz CT molecular complexity index is 428. The van der Waals surface area contributed by atoms with Gasteiger partial charge < -0.3 is 10.1 Å². The topological polar surface area (TPSA) is 64.4 Å². The molecule has 1 saturated carbocycles. The molecule has 0 atom stereocenters. The molecule has 5 heteroatoms. The first-order valence-corrected chi connectivity index (χ1v) is 5.69. The van der Waals surface area contributed by atoms with Gasteiger partial charge in [-0.2, -0.15) is 0 Å². The lowest BCUT2D eigenvalue weighted by Crippen LogP contribution is -2.45. The van der Waals surface area contributed by atoms with E-state index in [0.717, 1.165) is 18.4 Å². The van der Waals surface area contributed by atoms with E-state index in [1.165, 1.54) is 0 Å². The summed E-state index contributed by atoms with van der Waals surface area (Å²) in [6.07, 6.45) is 1.90. The van der Waals surface area contributed by atoms with Gasteiger partial charge in [0.05, 0.1) is 4.92 Å². The second-order valence-electron chi connectivity index (χ2n) is 4.43. The lowest BCUT2D eigenvalue weighted by Gasteiger charge is -2.34. The van der Waals surface area contributed by atoms with Crippen LogP contribution in [0, 0.1) is 17.0 Å². The molecule has 92 valence electrons. The lowest BCUT2D eigenvalue weighted by molar-refractivity contribution is -0.386. The van der Waals surface area contributed by atoms with E-state index in [1.54, 1.807) is 12.1 Å². The fourth-order valence-electron chi connectivity index (χ4n) is 1.95. The number of nitrogens with zero attached hydrogens (tertiary/aromatic N) is 1. The van der Waals surface area contributed by atoms with Crippen molar-refractivity contribution >= 4 is 5.69 Å². The third-order valence-electron chi connectivity index (χ3n) is 3.11. The number of nitro benzene ring substituents is 1. The Morgan fingerprint density at radius 1 is 1.47 bits per heavy atom. The molecule has 2 rings (SSSR count). The summed E-state index contributed by atoms with van der Waals surface area (Å²) in [6.45, 7) is 1.83. The van der Waals surface area contributed by atoms with E-state index in [9.17, 15) is 10.1 Å². The van der Waals surface area contributed by atoms with E-state index >= 15 is 0 Å². The number of aryl methyl sites for hydroxylation is 1. The second kappa shape index (κ2) is 4.71. The van der Waals surface area contributed by atoms with Gasteiger partial charge in [0, 0.05) is 12.1 Å². The fraction of sp³-hybridized carbons (Fsp3) is 0.500. The van der Waals surface area contributed by atoms with E-state index < -0.39 is 4.92 Å². The van der Waals surface area contributed by atoms with Gasteiger partial charge in [0.1, 0.15) is 6.10 Å². The summed E-state index contributed by atoms with van der Waals surface area (Å²) in [5.41, 5.74) is 0.920. The zero-order valence-electron chi connectivity index (χ0n) is 9.97. The molecule has 0 heterocycles. The first kappa shape index (κ1) is 11.9. The third kappa shape index (κ3) is 2.55. The minimum Gasteiger partial charge on any atom is -0.483 e. The maximum Gasteiger partial charge on any atom is 0.311 e. The van der Waals surface area contributed by atoms with Crippen molar-refractivity contribution in [3.05, 3.63) is 33.9 Å². The molecule has 1 aliphatic rings. The Labute approximate surface area is 99.9 Å². The maximum atomic E-state index is 10.9. The monoisotopic (exact) mass is 236 g/mol. The molecule has 1 aliphatic carbocycles. The van der Waals surface area contributed by atoms with Gasteiger partial charge in [-0.1, -0.05) is 6.07 Å². The number of hydrogen-bond donors (Lipinski definition) is 1. The van der Waals surface area contributed by atoms with Crippen LogP contribution in [0.4, 0.5) is 5.69 Å². The fourth-order valence-corrected chi connectivity index (χ4v) is 1.95. The SMILES string of the molecule is CNC1CC(Oc2ccc(C)cc2[N+](=O)[O-])C1. The van der Waals surface area contributed by atoms with Crippen LogP contribution in [0.2, 0.25) is 0 Å². The Balaban J connectivity index is 2.08. The molecule has 1 aromatic carbocycles. The molecule has 1 N–H and O–H groups in total. The van der Waals surface area contributed by atoms with Gasteiger partial charge in [-0.05, 0) is 38.4 Å². The van der Waals surface area contributed by atoms with Crippen LogP contribution >= 0.6 is 0 Å². The van der Waals surface area contributed by atoms with Gasteiger partial charge in [0.15, 0.2) is 5.75 Å². The highest BCUT2D eigenvalue weighted by molar-refractivity contribution is 5.48. The second-order valence-corrected chi connectivity index (χ2v) is 4.43. The van der Waals surface area contributed by atoms with Crippen LogP contribution in [0.25, 0.3) is 0 Å². The lowest BCUT2D eigenvalue weighted by atomic mass is 9.89. The Kier molecular flexibility index (Phi) is 3.28. The van der Waals surface area contributed by atoms with Gasteiger partial charge in [0.25, 0.3) is 0 Å². The van der Waals surface area contributed by atoms with Crippen LogP contribution in [-0.2, 0) is 0 Å². The average molecular weight is 236 g/mol. The number of nitrogens with one attached hydrogen (secondary N) is 1. The predicted molar refractivity (Wildman–Crippen MR) is 64.3 cm³/mol. The number of hydrogen-bond acceptors (Lipinski definition) is 4. The summed E-state index contributed by atoms with van der Waals surface area (Å²) >= 11 is 0. The molecule has 0 spiro atoms. The molecular weight excluding hydrogens is 220 g/mol. The van der Waals surface area contributed by atoms with Crippen molar-refractivity contribution in [3.63, 3.8) is 0 Å². The minimum atomic E-state index is -0.392. The van der Waals surface area contributed by atoms with Gasteiger partial charge in [-0.15, -0.1) is 0 Å². The largest absolute Gasteiger partial charge is 0.483 e. The van der Waals surface area contributed by atoms with Crippen LogP contribution in [0.15, 0.2) is 18.2 Å². The smallest absolute Gasteiger partial charge is 0.311 e. The summed E-state index contributed by atoms with van der Waals surface area (Å²) < 4.78 is 5.65. The van der Waals surface area contributed by atoms with Crippen LogP contribution < -0.4 is 10.1 Å². The Morgan fingerprint density at radius 2 is 2.18 bits per heavy atom. The molecule has 0 aliphatic heterocycles. The summed E-state index contributed by atoms with van der Waals surface area (Å²) in [7, 11) is 1.91. The van der Waals surface area contributed by atoms with Crippen LogP contribution in [-0.4, -0.2) is 24.1 Å². The molecule has 1 aromatic rings. The molecular formula is C12H16N2O3. The van der Waals surface area contributed by atoms with E-state index in [2.05, 4.69) is 5.32 Å². The van der Waals surface area contributed by atoms with Crippen molar-refractivity contribution in [3.8, 4) is 5.75 Å². The standard InChI is InChI=1S/C12H16N2O3/c1-8-3-4-12(11(5-8)14(15)16)17-10-6-9(7-10)13-2/h3-5,9-10,13H,6-7H2,1-2H3. The normalized spacial score (nSPS) is 22.9. The minimum absolute atomic E-state index is 0.0536. The predicted octanol–water partition coefficient (Wildman–Crippen LogP) is 2.03. The number of nitro groups is 1. The van der Waals surface area contributed by atoms with Crippen LogP contribution in [0.5, 0.6) is 5.75 Å². The summed E-state index contributed by atoms with van der Waals surface area (Å²) in [5.74, 6) is 0.375. The van der Waals surface area contributed by atoms with Crippen molar-refractivity contribution in [2.45, 2.75) is 31.9 Å². The molecule has 0 bridgehead atoms. The highest BCUT2D eigenvalue weighted by Crippen LogP contribution is 2.32. The first-order valence-electron chi connectivity index (χ1n) is 5.69. The Morgan fingerprint density at radius 3 is 2.76 bits per heavy atom. The van der Waals surface area contributed by atoms with Gasteiger partial charge >= 0.3 is 5.69 Å². The molecule has 0 aromatic heterocycles. The zero-order chi connectivity index (χ0) is 12.4. The molecule has 5 nitrogen and oxygen atoms in total. The summed E-state index contributed by atoms with van der Waals surface area (Å²) in [5, 5.41) is 14.0. The highest BCUT2D eigenvalue weighted by Gasteiger charge is 2.31. The average Bonchev–Trinajstić information content (AvgIpc) is 2.24. The van der Waals surface area contributed by atoms with Crippen molar-refractivity contribution in [2.24, 2.45) is 0 Å². The van der Waals surface area contributed by atoms with E-state index in [1.807, 2.05) is 20.0 Å². The zero-order valence-corrected chi connectivity index (χ0v) is 9.97. The molecule has 0 unspecified atom stereocenters. The quantitative estimate of drug-likeness (QED) is 0.641. The van der Waals surface area contributed by atoms with Crippen LogP contribution in [0.1, 0.15) is 18.4 Å². The maximum absolute atomic E-state index is 10.9. The van der Waals surface area contributed by atoms with E-state index in [-0.39, 0.29) is 11.8 Å². The number of ether oxygens (including phenoxy) is 1. The molecule has 17 heavy (non-hydrogen) atoms. The van der Waals surface area contributed by atoms with E-state index in [4.69, 9.17) is 4.74 Å². The molecule has 0 amide bonds. The third-order valence-corrected chi connectivity index (χ3v) is 3.11. The first-order chi connectivity index (χ1) is 8.10. The Hall–Kier alpha value is -1.62. The van der Waals surface area contributed by atoms with Crippen molar-refractivity contribution in [1.29, 1.82) is 0 Å².